The number of hydrogen-bond donors (Lipinski definition) is 4. The summed E-state index contributed by atoms with van der Waals surface area (Å²) in [5.41, 5.74) is 2.95. The zero-order valence-corrected chi connectivity index (χ0v) is 11.6. The Bertz CT molecular complexity index is 623. The second-order valence-corrected chi connectivity index (χ2v) is 5.25. The number of carbonyl (C=O) groups is 3. The largest absolute Gasteiger partial charge is 0.493 e. The fraction of sp³-hybridized carbons (Fsp3) is 0.462. The van der Waals surface area contributed by atoms with Gasteiger partial charge in [-0.05, 0) is 24.8 Å². The lowest BCUT2D eigenvalue weighted by molar-refractivity contribution is -0.181. The average molecular weight is 309 g/mol. The highest BCUT2D eigenvalue weighted by atomic mass is 16.7. The molecule has 0 radical (unpaired) electrons. The lowest BCUT2D eigenvalue weighted by Crippen LogP contribution is -2.46. The zero-order chi connectivity index (χ0) is 15.9. The van der Waals surface area contributed by atoms with Crippen molar-refractivity contribution in [1.82, 2.24) is 15.9 Å². The van der Waals surface area contributed by atoms with Gasteiger partial charge in [0.05, 0.1) is 0 Å². The number of nitrogens with zero attached hydrogens (tertiary/aromatic N) is 1. The maximum atomic E-state index is 12.5. The van der Waals surface area contributed by atoms with Crippen LogP contribution in [-0.4, -0.2) is 45.7 Å². The number of hydroxylamine groups is 1. The maximum Gasteiger partial charge on any atom is 0.322 e. The van der Waals surface area contributed by atoms with Gasteiger partial charge in [0, 0.05) is 0 Å². The highest BCUT2D eigenvalue weighted by Crippen LogP contribution is 2.38. The number of nitrogens with one attached hydrogen (secondary N) is 2. The molecule has 0 aromatic rings. The molecule has 1 saturated carbocycles. The number of fused-ring (bicyclic) bond motifs is 2. The lowest BCUT2D eigenvalue weighted by Gasteiger charge is -2.27. The van der Waals surface area contributed by atoms with Gasteiger partial charge in [0.15, 0.2) is 5.57 Å². The van der Waals surface area contributed by atoms with Crippen molar-refractivity contribution in [2.45, 2.75) is 31.8 Å². The van der Waals surface area contributed by atoms with Crippen LogP contribution in [0.4, 0.5) is 0 Å². The number of aliphatic carboxylic acids is 1. The van der Waals surface area contributed by atoms with E-state index in [-0.39, 0.29) is 11.8 Å². The van der Waals surface area contributed by atoms with Crippen molar-refractivity contribution in [3.8, 4) is 0 Å². The lowest BCUT2D eigenvalue weighted by atomic mass is 9.89. The summed E-state index contributed by atoms with van der Waals surface area (Å²) in [5, 5.41) is 21.6. The molecule has 22 heavy (non-hydrogen) atoms. The maximum absolute atomic E-state index is 12.5. The Labute approximate surface area is 125 Å². The molecule has 0 aromatic heterocycles. The second-order valence-electron chi connectivity index (χ2n) is 5.25. The van der Waals surface area contributed by atoms with E-state index in [0.29, 0.717) is 6.42 Å². The summed E-state index contributed by atoms with van der Waals surface area (Å²) in [5.74, 6) is -3.51. The quantitative estimate of drug-likeness (QED) is 0.513. The molecule has 1 fully saturated rings. The van der Waals surface area contributed by atoms with Gasteiger partial charge in [-0.1, -0.05) is 6.42 Å². The molecule has 1 atom stereocenters. The number of rotatable bonds is 3. The smallest absolute Gasteiger partial charge is 0.322 e. The highest BCUT2D eigenvalue weighted by molar-refractivity contribution is 6.26. The molecular weight excluding hydrogens is 294 g/mol. The van der Waals surface area contributed by atoms with Crippen molar-refractivity contribution in [2.75, 3.05) is 6.54 Å². The number of carboxylic acid groups (broad SMARTS) is 1. The van der Waals surface area contributed by atoms with Crippen molar-refractivity contribution in [3.05, 3.63) is 22.7 Å². The third-order valence-electron chi connectivity index (χ3n) is 3.80. The molecular formula is C13H15N3O6. The van der Waals surface area contributed by atoms with Gasteiger partial charge >= 0.3 is 5.97 Å². The number of allylic oxidation sites excluding steroid dienone is 1. The fourth-order valence-electron chi connectivity index (χ4n) is 2.83. The fourth-order valence-corrected chi connectivity index (χ4v) is 2.83. The number of hydrogen-bond acceptors (Lipinski definition) is 7. The summed E-state index contributed by atoms with van der Waals surface area (Å²) in [6, 6.07) is 0. The number of Topliss-reactive ketones (excluding diaryl/α,β-unsaturated/α-hetero) is 1. The van der Waals surface area contributed by atoms with E-state index in [1.807, 2.05) is 0 Å². The monoisotopic (exact) mass is 309 g/mol. The van der Waals surface area contributed by atoms with Gasteiger partial charge in [0.1, 0.15) is 18.3 Å². The predicted octanol–water partition coefficient (Wildman–Crippen LogP) is -0.512. The van der Waals surface area contributed by atoms with Crippen LogP contribution in [0.1, 0.15) is 25.7 Å². The molecule has 1 amide bonds. The first kappa shape index (κ1) is 14.4. The molecule has 2 heterocycles. The van der Waals surface area contributed by atoms with E-state index in [1.54, 1.807) is 0 Å². The van der Waals surface area contributed by atoms with Gasteiger partial charge in [0.25, 0.3) is 5.91 Å². The molecule has 2 aliphatic heterocycles. The van der Waals surface area contributed by atoms with E-state index in [2.05, 4.69) is 10.7 Å². The van der Waals surface area contributed by atoms with Crippen molar-refractivity contribution in [2.24, 2.45) is 0 Å². The molecule has 0 aromatic carbocycles. The molecule has 0 saturated heterocycles. The van der Waals surface area contributed by atoms with Crippen LogP contribution in [-0.2, 0) is 19.2 Å². The number of ketones is 1. The van der Waals surface area contributed by atoms with Crippen LogP contribution in [0, 0.1) is 0 Å². The van der Waals surface area contributed by atoms with Gasteiger partial charge in [-0.25, -0.2) is 10.3 Å². The van der Waals surface area contributed by atoms with Gasteiger partial charge in [-0.2, -0.15) is 5.17 Å². The summed E-state index contributed by atoms with van der Waals surface area (Å²) in [6.07, 6.45) is 3.14. The van der Waals surface area contributed by atoms with E-state index in [4.69, 9.17) is 9.94 Å². The van der Waals surface area contributed by atoms with E-state index in [1.165, 1.54) is 0 Å². The van der Waals surface area contributed by atoms with Gasteiger partial charge < -0.3 is 15.5 Å². The third kappa shape index (κ3) is 2.29. The van der Waals surface area contributed by atoms with Gasteiger partial charge in [-0.15, -0.1) is 0 Å². The molecule has 1 unspecified atom stereocenters. The number of aliphatic hydroxyl groups is 1. The summed E-state index contributed by atoms with van der Waals surface area (Å²) >= 11 is 0. The zero-order valence-electron chi connectivity index (χ0n) is 11.6. The van der Waals surface area contributed by atoms with E-state index in [9.17, 15) is 19.5 Å². The molecule has 0 spiro atoms. The molecule has 9 nitrogen and oxygen atoms in total. The number of carboxylic acids is 1. The van der Waals surface area contributed by atoms with Crippen molar-refractivity contribution < 1.29 is 29.4 Å². The van der Waals surface area contributed by atoms with E-state index in [0.717, 1.165) is 30.0 Å². The Hall–Kier alpha value is -2.55. The van der Waals surface area contributed by atoms with Crippen molar-refractivity contribution in [1.29, 1.82) is 0 Å². The second kappa shape index (κ2) is 5.34. The topological polar surface area (TPSA) is 128 Å². The summed E-state index contributed by atoms with van der Waals surface area (Å²) in [7, 11) is 0. The Kier molecular flexibility index (Phi) is 3.49. The van der Waals surface area contributed by atoms with Crippen LogP contribution in [0.3, 0.4) is 0 Å². The van der Waals surface area contributed by atoms with Gasteiger partial charge in [-0.3, -0.25) is 14.4 Å². The predicted molar refractivity (Wildman–Crippen MR) is 70.6 cm³/mol. The molecule has 1 aliphatic carbocycles. The standard InChI is InChI=1S/C13H15N3O6/c17-8(18)5-14-12(20)9-11(19)10-6-3-1-2-4-7(6)22-16(10)15-13(9)21/h7,15,21H,1-5H2,(H,14,20)(H,17,18). The highest BCUT2D eigenvalue weighted by Gasteiger charge is 2.44. The first-order chi connectivity index (χ1) is 10.5. The minimum Gasteiger partial charge on any atom is -0.493 e. The summed E-state index contributed by atoms with van der Waals surface area (Å²) in [4.78, 5) is 40.5. The van der Waals surface area contributed by atoms with Gasteiger partial charge in [0.2, 0.25) is 11.7 Å². The molecule has 0 bridgehead atoms. The van der Waals surface area contributed by atoms with Crippen LogP contribution < -0.4 is 10.7 Å². The minimum absolute atomic E-state index is 0.211. The Balaban J connectivity index is 1.89. The van der Waals surface area contributed by atoms with Crippen LogP contribution >= 0.6 is 0 Å². The number of hydrazine groups is 1. The van der Waals surface area contributed by atoms with Crippen molar-refractivity contribution in [3.63, 3.8) is 0 Å². The first-order valence-electron chi connectivity index (χ1n) is 6.93. The summed E-state index contributed by atoms with van der Waals surface area (Å²) in [6.45, 7) is -0.641. The van der Waals surface area contributed by atoms with Crippen LogP contribution in [0.5, 0.6) is 0 Å². The molecule has 9 heteroatoms. The SMILES string of the molecule is O=C(O)CNC(=O)C1=C(O)NN2OC3CCCCC3=C2C1=O. The first-order valence-corrected chi connectivity index (χ1v) is 6.93. The molecule has 4 N–H and O–H groups in total. The van der Waals surface area contributed by atoms with Crippen molar-refractivity contribution >= 4 is 17.7 Å². The van der Waals surface area contributed by atoms with Crippen LogP contribution in [0.2, 0.25) is 0 Å². The minimum atomic E-state index is -1.25. The third-order valence-corrected chi connectivity index (χ3v) is 3.80. The molecule has 3 rings (SSSR count). The van der Waals surface area contributed by atoms with Crippen LogP contribution in [0.15, 0.2) is 22.7 Å². The Morgan fingerprint density at radius 1 is 1.41 bits per heavy atom. The average Bonchev–Trinajstić information content (AvgIpc) is 2.83. The summed E-state index contributed by atoms with van der Waals surface area (Å²) < 4.78 is 0. The number of amides is 1. The Morgan fingerprint density at radius 3 is 2.91 bits per heavy atom. The normalized spacial score (nSPS) is 23.9. The van der Waals surface area contributed by atoms with Crippen LogP contribution in [0.25, 0.3) is 0 Å². The van der Waals surface area contributed by atoms with E-state index < -0.39 is 35.7 Å². The number of carbonyl (C=O) groups excluding carboxylic acids is 2. The van der Waals surface area contributed by atoms with E-state index >= 15 is 0 Å². The number of aliphatic hydroxyl groups excluding tert-OH is 1. The Morgan fingerprint density at radius 2 is 2.18 bits per heavy atom. The molecule has 118 valence electrons. The molecule has 3 aliphatic rings.